The van der Waals surface area contributed by atoms with Gasteiger partial charge in [0.15, 0.2) is 0 Å². The van der Waals surface area contributed by atoms with Gasteiger partial charge in [0.2, 0.25) is 0 Å². The Balaban J connectivity index is 1.64. The van der Waals surface area contributed by atoms with E-state index in [1.807, 2.05) is 0 Å². The molecule has 0 saturated carbocycles. The summed E-state index contributed by atoms with van der Waals surface area (Å²) in [5.41, 5.74) is 5.18. The van der Waals surface area contributed by atoms with Gasteiger partial charge >= 0.3 is 256 Å². The van der Waals surface area contributed by atoms with E-state index in [9.17, 15) is 0 Å². The minimum absolute atomic E-state index is 0.556. The summed E-state index contributed by atoms with van der Waals surface area (Å²) in [7, 11) is 20.2. The first-order valence-electron chi connectivity index (χ1n) is 13.2. The standard InChI is InChI=1S/2C15H11P2.2CH3.2ClH.Sn.Zr/c2*1-3-7-12(8-4-1)14-15(17-11-16-14)13-9-5-2-6-10-13;;;;;;/h2*1-10,16H;2*1H3;2*1H;;/q;;;;;;;+2/p-2. The molecule has 0 amide bonds. The molecule has 6 rings (SSSR count). The van der Waals surface area contributed by atoms with Crippen molar-refractivity contribution in [3.63, 3.8) is 0 Å². The fraction of sp³-hybridized carbons (Fsp3) is 0.0625. The van der Waals surface area contributed by atoms with Crippen LogP contribution in [0.5, 0.6) is 0 Å². The number of rotatable bonds is 6. The van der Waals surface area contributed by atoms with E-state index in [1.54, 1.807) is 0 Å². The van der Waals surface area contributed by atoms with E-state index in [-0.39, 0.29) is 0 Å². The molecule has 0 N–H and O–H groups in total. The van der Waals surface area contributed by atoms with E-state index in [4.69, 9.17) is 17.0 Å². The molecule has 0 aliphatic rings. The Hall–Kier alpha value is -0.438. The van der Waals surface area contributed by atoms with Crippen molar-refractivity contribution in [2.24, 2.45) is 0 Å². The molecule has 4 aromatic carbocycles. The number of hydrogen-bond donors (Lipinski definition) is 0. The van der Waals surface area contributed by atoms with Crippen molar-refractivity contribution in [2.45, 2.75) is 9.88 Å². The molecule has 0 radical (unpaired) electrons. The van der Waals surface area contributed by atoms with Gasteiger partial charge in [0.05, 0.1) is 0 Å². The first kappa shape index (κ1) is 29.6. The summed E-state index contributed by atoms with van der Waals surface area (Å²) in [6.45, 7) is 0. The number of halogens is 2. The molecular weight excluding hydrogens is 789 g/mol. The summed E-state index contributed by atoms with van der Waals surface area (Å²) in [6.07, 6.45) is 0. The molecule has 0 aliphatic heterocycles. The molecule has 0 aliphatic carbocycles. The SMILES string of the molecule is [CH3][Sn]([CH3])=[Zr]([Cl])([Cl])([c]1pc(-c2ccccc2)c(-c2ccccc2)[pH]1)[c]1pc(-c2ccccc2)c(-c2ccccc2)[pH]1. The third-order valence-electron chi connectivity index (χ3n) is 7.34. The molecule has 2 heterocycles. The van der Waals surface area contributed by atoms with Crippen LogP contribution in [0, 0.1) is 0 Å². The third kappa shape index (κ3) is 5.50. The Morgan fingerprint density at radius 1 is 0.500 bits per heavy atom. The summed E-state index contributed by atoms with van der Waals surface area (Å²) >= 11 is -6.68. The van der Waals surface area contributed by atoms with Gasteiger partial charge in [-0.15, -0.1) is 0 Å². The van der Waals surface area contributed by atoms with Crippen LogP contribution < -0.4 is 5.47 Å². The summed E-state index contributed by atoms with van der Waals surface area (Å²) in [6, 6.07) is 43.5. The molecule has 0 spiro atoms. The molecule has 198 valence electrons. The van der Waals surface area contributed by atoms with Gasteiger partial charge in [-0.3, -0.25) is 0 Å². The number of hydrogen-bond acceptors (Lipinski definition) is 0. The van der Waals surface area contributed by atoms with E-state index in [2.05, 4.69) is 131 Å². The molecule has 0 nitrogen and oxygen atoms in total. The average molecular weight is 817 g/mol. The zero-order chi connectivity index (χ0) is 27.8. The van der Waals surface area contributed by atoms with Gasteiger partial charge in [0.1, 0.15) is 0 Å². The summed E-state index contributed by atoms with van der Waals surface area (Å²) in [5, 5.41) is 5.63. The second-order valence-electron chi connectivity index (χ2n) is 10.1. The van der Waals surface area contributed by atoms with Gasteiger partial charge in [-0.1, -0.05) is 0 Å². The van der Waals surface area contributed by atoms with Gasteiger partial charge < -0.3 is 0 Å². The van der Waals surface area contributed by atoms with Gasteiger partial charge in [-0.25, -0.2) is 0 Å². The van der Waals surface area contributed by atoms with Crippen LogP contribution in [0.15, 0.2) is 121 Å². The van der Waals surface area contributed by atoms with Crippen molar-refractivity contribution >= 4 is 69.8 Å². The van der Waals surface area contributed by atoms with Crippen molar-refractivity contribution in [3.8, 4) is 43.4 Å². The van der Waals surface area contributed by atoms with Crippen molar-refractivity contribution in [3.05, 3.63) is 121 Å². The predicted octanol–water partition coefficient (Wildman–Crippen LogP) is 11.8. The molecule has 6 aromatic rings. The van der Waals surface area contributed by atoms with Crippen molar-refractivity contribution in [1.29, 1.82) is 0 Å². The predicted molar refractivity (Wildman–Crippen MR) is 187 cm³/mol. The summed E-state index contributed by atoms with van der Waals surface area (Å²) in [4.78, 5) is 4.94. The topological polar surface area (TPSA) is 0 Å². The zero-order valence-electron chi connectivity index (χ0n) is 22.2. The van der Waals surface area contributed by atoms with Crippen LogP contribution in [0.25, 0.3) is 43.4 Å². The third-order valence-corrected chi connectivity index (χ3v) is 131. The van der Waals surface area contributed by atoms with Gasteiger partial charge in [-0.05, 0) is 0 Å². The van der Waals surface area contributed by atoms with Gasteiger partial charge in [0, 0.05) is 0 Å². The second-order valence-corrected chi connectivity index (χ2v) is 87.5. The fourth-order valence-corrected chi connectivity index (χ4v) is 101. The van der Waals surface area contributed by atoms with Crippen LogP contribution in [-0.4, -0.2) is 14.6 Å². The minimum atomic E-state index is -4.48. The molecule has 2 aromatic heterocycles. The molecular formula is C32H28Cl2P4SnZr. The van der Waals surface area contributed by atoms with Crippen LogP contribution in [0.2, 0.25) is 9.88 Å². The Morgan fingerprint density at radius 3 is 1.10 bits per heavy atom. The van der Waals surface area contributed by atoms with Crippen molar-refractivity contribution in [2.75, 3.05) is 0 Å². The van der Waals surface area contributed by atoms with Crippen molar-refractivity contribution in [1.82, 2.24) is 0 Å². The van der Waals surface area contributed by atoms with E-state index in [0.717, 1.165) is 0 Å². The second kappa shape index (κ2) is 12.3. The Bertz CT molecular complexity index is 1610. The van der Waals surface area contributed by atoms with Crippen LogP contribution in [-0.2, 0) is 11.6 Å². The van der Waals surface area contributed by atoms with E-state index in [1.165, 1.54) is 65.3 Å². The van der Waals surface area contributed by atoms with E-state index < -0.39 is 26.1 Å². The van der Waals surface area contributed by atoms with Crippen LogP contribution in [0.4, 0.5) is 0 Å². The van der Waals surface area contributed by atoms with Crippen LogP contribution in [0.1, 0.15) is 0 Å². The summed E-state index contributed by atoms with van der Waals surface area (Å²) in [5.74, 6) is 0. The molecule has 8 heteroatoms. The molecule has 0 fully saturated rings. The molecule has 40 heavy (non-hydrogen) atoms. The Kier molecular flexibility index (Phi) is 9.10. The quantitative estimate of drug-likeness (QED) is 0.147. The van der Waals surface area contributed by atoms with Crippen LogP contribution in [0.3, 0.4) is 0 Å². The van der Waals surface area contributed by atoms with E-state index >= 15 is 0 Å². The fourth-order valence-electron chi connectivity index (χ4n) is 4.99. The summed E-state index contributed by atoms with van der Waals surface area (Å²) < 4.78 is 2.97. The van der Waals surface area contributed by atoms with Gasteiger partial charge in [-0.2, -0.15) is 0 Å². The number of benzene rings is 4. The van der Waals surface area contributed by atoms with Crippen LogP contribution >= 0.6 is 49.8 Å². The monoisotopic (exact) mass is 816 g/mol. The van der Waals surface area contributed by atoms with E-state index in [0.29, 0.717) is 16.4 Å². The molecule has 0 saturated heterocycles. The Labute approximate surface area is 253 Å². The van der Waals surface area contributed by atoms with Crippen molar-refractivity contribution < 1.29 is 11.6 Å². The maximum atomic E-state index is 8.29. The average Bonchev–Trinajstić information content (AvgIpc) is 3.66. The maximum absolute atomic E-state index is 8.29. The van der Waals surface area contributed by atoms with Gasteiger partial charge in [0.25, 0.3) is 0 Å². The first-order valence-corrected chi connectivity index (χ1v) is 41.1. The zero-order valence-corrected chi connectivity index (χ0v) is 32.8. The molecule has 2 unspecified atom stereocenters. The first-order chi connectivity index (χ1) is 19.4. The normalized spacial score (nSPS) is 12.7. The Morgan fingerprint density at radius 2 is 0.800 bits per heavy atom. The molecule has 0 bridgehead atoms. The molecule has 2 atom stereocenters.